The predicted molar refractivity (Wildman–Crippen MR) is 109 cm³/mol. The summed E-state index contributed by atoms with van der Waals surface area (Å²) in [6, 6.07) is 14.7. The van der Waals surface area contributed by atoms with Gasteiger partial charge in [-0.1, -0.05) is 37.3 Å². The number of benzene rings is 2. The number of aromatic nitrogens is 2. The first-order valence-electron chi connectivity index (χ1n) is 9.71. The molecular formula is C23H24F3N3O. The molecule has 0 spiro atoms. The van der Waals surface area contributed by atoms with Gasteiger partial charge in [0.05, 0.1) is 16.9 Å². The van der Waals surface area contributed by atoms with Gasteiger partial charge in [-0.25, -0.2) is 4.68 Å². The number of nitrogens with zero attached hydrogens (tertiary/aromatic N) is 2. The van der Waals surface area contributed by atoms with Gasteiger partial charge >= 0.3 is 6.18 Å². The zero-order valence-electron chi connectivity index (χ0n) is 17.1. The van der Waals surface area contributed by atoms with E-state index in [0.717, 1.165) is 34.8 Å². The molecule has 4 nitrogen and oxygen atoms in total. The maximum atomic E-state index is 12.7. The van der Waals surface area contributed by atoms with Crippen LogP contribution in [0.3, 0.4) is 0 Å². The van der Waals surface area contributed by atoms with Crippen molar-refractivity contribution in [3.63, 3.8) is 0 Å². The maximum absolute atomic E-state index is 12.7. The van der Waals surface area contributed by atoms with Crippen molar-refractivity contribution < 1.29 is 18.0 Å². The van der Waals surface area contributed by atoms with Crippen molar-refractivity contribution >= 4 is 5.91 Å². The number of carbonyl (C=O) groups is 1. The molecule has 0 aliphatic carbocycles. The van der Waals surface area contributed by atoms with E-state index in [9.17, 15) is 18.0 Å². The molecule has 0 saturated heterocycles. The van der Waals surface area contributed by atoms with Crippen LogP contribution in [-0.2, 0) is 17.5 Å². The molecule has 1 heterocycles. The van der Waals surface area contributed by atoms with Crippen molar-refractivity contribution in [3.8, 4) is 5.69 Å². The average molecular weight is 415 g/mol. The zero-order chi connectivity index (χ0) is 21.9. The fourth-order valence-electron chi connectivity index (χ4n) is 3.41. The molecule has 7 heteroatoms. The van der Waals surface area contributed by atoms with Gasteiger partial charge in [0.2, 0.25) is 5.91 Å². The SMILES string of the molecule is Cc1nn(-c2ccccc2)c(C)c1CNC(=O)CC(C)c1ccc(C(F)(F)F)cc1. The van der Waals surface area contributed by atoms with E-state index in [0.29, 0.717) is 12.1 Å². The molecule has 0 radical (unpaired) electrons. The average Bonchev–Trinajstić information content (AvgIpc) is 3.00. The summed E-state index contributed by atoms with van der Waals surface area (Å²) in [4.78, 5) is 12.4. The molecule has 0 aliphatic rings. The first-order chi connectivity index (χ1) is 14.2. The minimum atomic E-state index is -4.36. The Labute approximate surface area is 173 Å². The number of para-hydroxylation sites is 1. The van der Waals surface area contributed by atoms with E-state index in [2.05, 4.69) is 10.4 Å². The van der Waals surface area contributed by atoms with Gasteiger partial charge in [-0.3, -0.25) is 4.79 Å². The summed E-state index contributed by atoms with van der Waals surface area (Å²) in [6.07, 6.45) is -4.17. The molecule has 3 rings (SSSR count). The Kier molecular flexibility index (Phi) is 6.29. The largest absolute Gasteiger partial charge is 0.416 e. The van der Waals surface area contributed by atoms with Crippen LogP contribution in [0, 0.1) is 13.8 Å². The van der Waals surface area contributed by atoms with E-state index in [1.165, 1.54) is 12.1 Å². The first kappa shape index (κ1) is 21.6. The lowest BCUT2D eigenvalue weighted by Gasteiger charge is -2.14. The van der Waals surface area contributed by atoms with Crippen LogP contribution in [0.15, 0.2) is 54.6 Å². The second-order valence-corrected chi connectivity index (χ2v) is 7.40. The van der Waals surface area contributed by atoms with E-state index >= 15 is 0 Å². The second kappa shape index (κ2) is 8.73. The van der Waals surface area contributed by atoms with Gasteiger partial charge in [-0.2, -0.15) is 18.3 Å². The van der Waals surface area contributed by atoms with Crippen LogP contribution in [-0.4, -0.2) is 15.7 Å². The van der Waals surface area contributed by atoms with Crippen molar-refractivity contribution in [2.45, 2.75) is 45.8 Å². The van der Waals surface area contributed by atoms with Crippen molar-refractivity contribution in [3.05, 3.63) is 82.7 Å². The van der Waals surface area contributed by atoms with Crippen LogP contribution in [0.4, 0.5) is 13.2 Å². The molecule has 0 aliphatic heterocycles. The minimum absolute atomic E-state index is 0.159. The third-order valence-corrected chi connectivity index (χ3v) is 5.20. The number of halogens is 3. The number of amides is 1. The molecule has 1 unspecified atom stereocenters. The highest BCUT2D eigenvalue weighted by Gasteiger charge is 2.30. The second-order valence-electron chi connectivity index (χ2n) is 7.40. The third kappa shape index (κ3) is 4.90. The van der Waals surface area contributed by atoms with E-state index in [1.807, 2.05) is 55.8 Å². The van der Waals surface area contributed by atoms with Gasteiger partial charge in [0.15, 0.2) is 0 Å². The molecular weight excluding hydrogens is 391 g/mol. The molecule has 2 aromatic carbocycles. The smallest absolute Gasteiger partial charge is 0.352 e. The molecule has 0 fully saturated rings. The Morgan fingerprint density at radius 2 is 1.70 bits per heavy atom. The zero-order valence-corrected chi connectivity index (χ0v) is 17.1. The predicted octanol–water partition coefficient (Wildman–Crippen LogP) is 5.32. The van der Waals surface area contributed by atoms with Gasteiger partial charge < -0.3 is 5.32 Å². The highest BCUT2D eigenvalue weighted by Crippen LogP contribution is 2.30. The summed E-state index contributed by atoms with van der Waals surface area (Å²) >= 11 is 0. The van der Waals surface area contributed by atoms with Crippen LogP contribution in [0.25, 0.3) is 5.69 Å². The maximum Gasteiger partial charge on any atom is 0.416 e. The number of hydrogen-bond donors (Lipinski definition) is 1. The fraction of sp³-hybridized carbons (Fsp3) is 0.304. The van der Waals surface area contributed by atoms with Crippen LogP contribution < -0.4 is 5.32 Å². The standard InChI is InChI=1S/C23H24F3N3O/c1-15(18-9-11-19(12-10-18)23(24,25)26)13-22(30)27-14-21-16(2)28-29(17(21)3)20-7-5-4-6-8-20/h4-12,15H,13-14H2,1-3H3,(H,27,30). The Balaban J connectivity index is 1.62. The number of rotatable bonds is 6. The molecule has 3 aromatic rings. The van der Waals surface area contributed by atoms with E-state index in [-0.39, 0.29) is 18.2 Å². The number of nitrogens with one attached hydrogen (secondary N) is 1. The van der Waals surface area contributed by atoms with Crippen molar-refractivity contribution in [2.24, 2.45) is 0 Å². The summed E-state index contributed by atoms with van der Waals surface area (Å²) in [5, 5.41) is 7.48. The molecule has 1 aromatic heterocycles. The van der Waals surface area contributed by atoms with E-state index in [1.54, 1.807) is 0 Å². The molecule has 0 bridgehead atoms. The Hall–Kier alpha value is -3.09. The van der Waals surface area contributed by atoms with Crippen LogP contribution in [0.2, 0.25) is 0 Å². The van der Waals surface area contributed by atoms with Crippen LogP contribution >= 0.6 is 0 Å². The molecule has 1 atom stereocenters. The highest BCUT2D eigenvalue weighted by molar-refractivity contribution is 5.76. The van der Waals surface area contributed by atoms with E-state index < -0.39 is 11.7 Å². The van der Waals surface area contributed by atoms with Gasteiger partial charge in [-0.15, -0.1) is 0 Å². The monoisotopic (exact) mass is 415 g/mol. The van der Waals surface area contributed by atoms with Gasteiger partial charge in [-0.05, 0) is 49.6 Å². The number of alkyl halides is 3. The van der Waals surface area contributed by atoms with Crippen molar-refractivity contribution in [2.75, 3.05) is 0 Å². The molecule has 1 amide bonds. The fourth-order valence-corrected chi connectivity index (χ4v) is 3.41. The third-order valence-electron chi connectivity index (χ3n) is 5.20. The number of aryl methyl sites for hydroxylation is 1. The summed E-state index contributed by atoms with van der Waals surface area (Å²) in [7, 11) is 0. The lowest BCUT2D eigenvalue weighted by atomic mass is 9.96. The van der Waals surface area contributed by atoms with Gasteiger partial charge in [0.25, 0.3) is 0 Å². The van der Waals surface area contributed by atoms with Crippen LogP contribution in [0.5, 0.6) is 0 Å². The summed E-state index contributed by atoms with van der Waals surface area (Å²) in [5.41, 5.74) is 3.70. The van der Waals surface area contributed by atoms with Crippen molar-refractivity contribution in [1.82, 2.24) is 15.1 Å². The van der Waals surface area contributed by atoms with Gasteiger partial charge in [0.1, 0.15) is 0 Å². The summed E-state index contributed by atoms with van der Waals surface area (Å²) < 4.78 is 39.9. The Bertz CT molecular complexity index is 1010. The van der Waals surface area contributed by atoms with Gasteiger partial charge in [0, 0.05) is 24.2 Å². The Morgan fingerprint density at radius 1 is 1.07 bits per heavy atom. The highest BCUT2D eigenvalue weighted by atomic mass is 19.4. The number of hydrogen-bond acceptors (Lipinski definition) is 2. The number of carbonyl (C=O) groups excluding carboxylic acids is 1. The molecule has 0 saturated carbocycles. The summed E-state index contributed by atoms with van der Waals surface area (Å²) in [6.45, 7) is 6.03. The Morgan fingerprint density at radius 3 is 2.30 bits per heavy atom. The molecule has 1 N–H and O–H groups in total. The normalized spacial score (nSPS) is 12.6. The van der Waals surface area contributed by atoms with Crippen molar-refractivity contribution in [1.29, 1.82) is 0 Å². The molecule has 158 valence electrons. The minimum Gasteiger partial charge on any atom is -0.352 e. The quantitative estimate of drug-likeness (QED) is 0.592. The lowest BCUT2D eigenvalue weighted by molar-refractivity contribution is -0.137. The topological polar surface area (TPSA) is 46.9 Å². The van der Waals surface area contributed by atoms with E-state index in [4.69, 9.17) is 0 Å². The van der Waals surface area contributed by atoms with Crippen LogP contribution in [0.1, 0.15) is 47.3 Å². The summed E-state index contributed by atoms with van der Waals surface area (Å²) in [5.74, 6) is -0.352. The lowest BCUT2D eigenvalue weighted by Crippen LogP contribution is -2.24. The first-order valence-corrected chi connectivity index (χ1v) is 9.71. The molecule has 30 heavy (non-hydrogen) atoms.